The van der Waals surface area contributed by atoms with Gasteiger partial charge in [-0.3, -0.25) is 0 Å². The molecule has 2 aliphatic carbocycles. The highest BCUT2D eigenvalue weighted by molar-refractivity contribution is 5.05. The first-order valence-electron chi connectivity index (χ1n) is 4.64. The molecule has 2 rings (SSSR count). The zero-order valence-electron chi connectivity index (χ0n) is 7.72. The van der Waals surface area contributed by atoms with Crippen molar-refractivity contribution in [3.05, 3.63) is 0 Å². The molecule has 0 aliphatic heterocycles. The maximum Gasteiger partial charge on any atom is 0.0651 e. The minimum atomic E-state index is -0.333. The second-order valence-electron chi connectivity index (χ2n) is 5.38. The second-order valence-corrected chi connectivity index (χ2v) is 5.38. The monoisotopic (exact) mass is 154 g/mol. The van der Waals surface area contributed by atoms with Crippen LogP contribution in [0.3, 0.4) is 0 Å². The minimum Gasteiger partial charge on any atom is -0.390 e. The fraction of sp³-hybridized carbons (Fsp3) is 1.00. The summed E-state index contributed by atoms with van der Waals surface area (Å²) < 4.78 is 0. The van der Waals surface area contributed by atoms with Crippen LogP contribution in [0.2, 0.25) is 0 Å². The zero-order valence-corrected chi connectivity index (χ0v) is 7.72. The topological polar surface area (TPSA) is 20.2 Å². The van der Waals surface area contributed by atoms with Crippen molar-refractivity contribution in [2.45, 2.75) is 45.6 Å². The van der Waals surface area contributed by atoms with Gasteiger partial charge >= 0.3 is 0 Å². The molecule has 0 saturated heterocycles. The quantitative estimate of drug-likeness (QED) is 0.567. The van der Waals surface area contributed by atoms with Gasteiger partial charge in [0.05, 0.1) is 5.60 Å². The molecule has 1 nitrogen and oxygen atoms in total. The fourth-order valence-electron chi connectivity index (χ4n) is 3.05. The van der Waals surface area contributed by atoms with E-state index in [0.29, 0.717) is 11.3 Å². The minimum absolute atomic E-state index is 0.333. The van der Waals surface area contributed by atoms with Crippen molar-refractivity contribution < 1.29 is 5.11 Å². The van der Waals surface area contributed by atoms with Crippen molar-refractivity contribution in [2.75, 3.05) is 0 Å². The Labute approximate surface area is 68.8 Å². The SMILES string of the molecule is CC1(C)C[C@@H]2C[C@H]1C[C@]2(C)O. The number of hydrogen-bond donors (Lipinski definition) is 1. The van der Waals surface area contributed by atoms with Crippen LogP contribution in [0.15, 0.2) is 0 Å². The summed E-state index contributed by atoms with van der Waals surface area (Å²) in [5, 5.41) is 9.92. The van der Waals surface area contributed by atoms with Crippen LogP contribution >= 0.6 is 0 Å². The van der Waals surface area contributed by atoms with Crippen molar-refractivity contribution in [2.24, 2.45) is 17.3 Å². The van der Waals surface area contributed by atoms with Gasteiger partial charge in [-0.1, -0.05) is 13.8 Å². The van der Waals surface area contributed by atoms with E-state index >= 15 is 0 Å². The van der Waals surface area contributed by atoms with Gasteiger partial charge in [0.25, 0.3) is 0 Å². The van der Waals surface area contributed by atoms with Gasteiger partial charge in [-0.05, 0) is 43.4 Å². The van der Waals surface area contributed by atoms with Crippen LogP contribution in [-0.2, 0) is 0 Å². The Morgan fingerprint density at radius 2 is 1.73 bits per heavy atom. The third kappa shape index (κ3) is 0.936. The van der Waals surface area contributed by atoms with Crippen LogP contribution in [-0.4, -0.2) is 10.7 Å². The van der Waals surface area contributed by atoms with Crippen LogP contribution in [0.1, 0.15) is 40.0 Å². The van der Waals surface area contributed by atoms with Crippen LogP contribution in [0, 0.1) is 17.3 Å². The average Bonchev–Trinajstić information content (AvgIpc) is 2.18. The van der Waals surface area contributed by atoms with Crippen molar-refractivity contribution in [1.29, 1.82) is 0 Å². The molecule has 1 heteroatoms. The Bertz CT molecular complexity index is 161. The fourth-order valence-corrected chi connectivity index (χ4v) is 3.05. The summed E-state index contributed by atoms with van der Waals surface area (Å²) in [4.78, 5) is 0. The predicted octanol–water partition coefficient (Wildman–Crippen LogP) is 2.19. The summed E-state index contributed by atoms with van der Waals surface area (Å²) in [7, 11) is 0. The van der Waals surface area contributed by atoms with E-state index in [1.54, 1.807) is 0 Å². The van der Waals surface area contributed by atoms with E-state index in [2.05, 4.69) is 13.8 Å². The van der Waals surface area contributed by atoms with Gasteiger partial charge in [0.2, 0.25) is 0 Å². The largest absolute Gasteiger partial charge is 0.390 e. The van der Waals surface area contributed by atoms with Crippen molar-refractivity contribution in [3.63, 3.8) is 0 Å². The lowest BCUT2D eigenvalue weighted by molar-refractivity contribution is -0.0222. The van der Waals surface area contributed by atoms with E-state index in [-0.39, 0.29) is 5.60 Å². The molecule has 64 valence electrons. The van der Waals surface area contributed by atoms with Crippen molar-refractivity contribution >= 4 is 0 Å². The highest BCUT2D eigenvalue weighted by Crippen LogP contribution is 2.59. The third-order valence-corrected chi connectivity index (χ3v) is 3.99. The molecule has 2 saturated carbocycles. The maximum atomic E-state index is 9.92. The van der Waals surface area contributed by atoms with Crippen LogP contribution < -0.4 is 0 Å². The van der Waals surface area contributed by atoms with Gasteiger partial charge in [0.1, 0.15) is 0 Å². The Morgan fingerprint density at radius 3 is 2.00 bits per heavy atom. The Balaban J connectivity index is 2.21. The van der Waals surface area contributed by atoms with E-state index in [9.17, 15) is 5.11 Å². The molecule has 2 fully saturated rings. The van der Waals surface area contributed by atoms with Gasteiger partial charge in [0, 0.05) is 0 Å². The lowest BCUT2D eigenvalue weighted by atomic mass is 9.71. The molecule has 0 aromatic heterocycles. The molecular weight excluding hydrogens is 136 g/mol. The highest BCUT2D eigenvalue weighted by Gasteiger charge is 2.54. The van der Waals surface area contributed by atoms with Gasteiger partial charge in [-0.2, -0.15) is 0 Å². The molecule has 0 radical (unpaired) electrons. The lowest BCUT2D eigenvalue weighted by Gasteiger charge is -2.37. The molecule has 0 unspecified atom stereocenters. The molecule has 0 aromatic carbocycles. The van der Waals surface area contributed by atoms with E-state index in [1.165, 1.54) is 12.8 Å². The summed E-state index contributed by atoms with van der Waals surface area (Å²) >= 11 is 0. The number of rotatable bonds is 0. The van der Waals surface area contributed by atoms with Gasteiger partial charge in [0.15, 0.2) is 0 Å². The molecule has 1 N–H and O–H groups in total. The van der Waals surface area contributed by atoms with E-state index in [1.807, 2.05) is 6.92 Å². The molecule has 11 heavy (non-hydrogen) atoms. The standard InChI is InChI=1S/C10H18O/c1-9(2)5-8-4-7(9)6-10(8,3)11/h7-8,11H,4-6H2,1-3H3/t7-,8-,10-/m0/s1. The van der Waals surface area contributed by atoms with E-state index < -0.39 is 0 Å². The Kier molecular flexibility index (Phi) is 1.26. The van der Waals surface area contributed by atoms with Crippen LogP contribution in [0.5, 0.6) is 0 Å². The number of aliphatic hydroxyl groups is 1. The smallest absolute Gasteiger partial charge is 0.0651 e. The number of hydrogen-bond acceptors (Lipinski definition) is 1. The Hall–Kier alpha value is -0.0400. The summed E-state index contributed by atoms with van der Waals surface area (Å²) in [5.41, 5.74) is 0.174. The molecule has 2 aliphatic rings. The zero-order chi connectivity index (χ0) is 8.28. The molecule has 0 aromatic rings. The van der Waals surface area contributed by atoms with Crippen LogP contribution in [0.4, 0.5) is 0 Å². The van der Waals surface area contributed by atoms with E-state index in [4.69, 9.17) is 0 Å². The molecule has 0 heterocycles. The Morgan fingerprint density at radius 1 is 1.09 bits per heavy atom. The summed E-state index contributed by atoms with van der Waals surface area (Å²) in [5.74, 6) is 1.37. The summed E-state index contributed by atoms with van der Waals surface area (Å²) in [6.45, 7) is 6.69. The highest BCUT2D eigenvalue weighted by atomic mass is 16.3. The van der Waals surface area contributed by atoms with Gasteiger partial charge in [-0.15, -0.1) is 0 Å². The first-order valence-corrected chi connectivity index (χ1v) is 4.64. The van der Waals surface area contributed by atoms with Crippen molar-refractivity contribution in [3.8, 4) is 0 Å². The molecule has 0 spiro atoms. The van der Waals surface area contributed by atoms with Crippen LogP contribution in [0.25, 0.3) is 0 Å². The first-order chi connectivity index (χ1) is 4.92. The van der Waals surface area contributed by atoms with Gasteiger partial charge < -0.3 is 5.11 Å². The van der Waals surface area contributed by atoms with E-state index in [0.717, 1.165) is 12.3 Å². The lowest BCUT2D eigenvalue weighted by Crippen LogP contribution is -2.36. The molecule has 2 bridgehead atoms. The normalized spacial score (nSPS) is 53.5. The summed E-state index contributed by atoms with van der Waals surface area (Å²) in [6, 6.07) is 0. The first kappa shape index (κ1) is 7.60. The second kappa shape index (κ2) is 1.82. The number of fused-ring (bicyclic) bond motifs is 2. The summed E-state index contributed by atoms with van der Waals surface area (Å²) in [6.07, 6.45) is 3.52. The molecular formula is C10H18O. The predicted molar refractivity (Wildman–Crippen MR) is 45.2 cm³/mol. The van der Waals surface area contributed by atoms with Gasteiger partial charge in [-0.25, -0.2) is 0 Å². The average molecular weight is 154 g/mol. The maximum absolute atomic E-state index is 9.92. The third-order valence-electron chi connectivity index (χ3n) is 3.99. The van der Waals surface area contributed by atoms with Crippen molar-refractivity contribution in [1.82, 2.24) is 0 Å². The molecule has 3 atom stereocenters. The molecule has 0 amide bonds.